The van der Waals surface area contributed by atoms with Crippen molar-refractivity contribution in [2.24, 2.45) is 5.73 Å². The molecule has 0 spiro atoms. The predicted octanol–water partition coefficient (Wildman–Crippen LogP) is 2.67. The summed E-state index contributed by atoms with van der Waals surface area (Å²) in [7, 11) is 0. The summed E-state index contributed by atoms with van der Waals surface area (Å²) in [6.07, 6.45) is 6.88. The third-order valence-electron chi connectivity index (χ3n) is 3.90. The Balaban J connectivity index is 1.91. The average Bonchev–Trinajstić information content (AvgIpc) is 3.07. The molecular weight excluding hydrogens is 196 g/mol. The maximum absolute atomic E-state index is 5.84. The molecule has 0 radical (unpaired) electrons. The number of anilines is 1. The van der Waals surface area contributed by atoms with Crippen LogP contribution in [-0.4, -0.2) is 12.1 Å². The Bertz CT molecular complexity index is 367. The van der Waals surface area contributed by atoms with Gasteiger partial charge in [0.1, 0.15) is 0 Å². The third-order valence-corrected chi connectivity index (χ3v) is 3.90. The highest BCUT2D eigenvalue weighted by Crippen LogP contribution is 2.40. The molecule has 0 heterocycles. The average molecular weight is 216 g/mol. The van der Waals surface area contributed by atoms with Crippen LogP contribution in [0.15, 0.2) is 24.3 Å². The third kappa shape index (κ3) is 1.71. The monoisotopic (exact) mass is 216 g/mol. The van der Waals surface area contributed by atoms with Gasteiger partial charge in [-0.25, -0.2) is 0 Å². The molecule has 1 aromatic carbocycles. The van der Waals surface area contributed by atoms with Crippen molar-refractivity contribution in [3.8, 4) is 0 Å². The van der Waals surface area contributed by atoms with E-state index in [-0.39, 0.29) is 0 Å². The lowest BCUT2D eigenvalue weighted by Crippen LogP contribution is -2.42. The second-order valence-corrected chi connectivity index (χ2v) is 5.06. The van der Waals surface area contributed by atoms with Crippen LogP contribution in [0.1, 0.15) is 37.7 Å². The molecule has 1 aromatic rings. The van der Waals surface area contributed by atoms with Gasteiger partial charge < -0.3 is 10.6 Å². The first-order chi connectivity index (χ1) is 7.90. The molecule has 0 amide bonds. The molecule has 16 heavy (non-hydrogen) atoms. The summed E-state index contributed by atoms with van der Waals surface area (Å²) < 4.78 is 0. The fraction of sp³-hybridized carbons (Fsp3) is 0.571. The fourth-order valence-electron chi connectivity index (χ4n) is 2.64. The SMILES string of the molecule is NCc1ccccc1N(C1CCC1)C1CC1. The molecular formula is C14H20N2. The summed E-state index contributed by atoms with van der Waals surface area (Å²) in [4.78, 5) is 2.66. The standard InChI is InChI=1S/C14H20N2/c15-10-11-4-1-2-7-14(11)16(13-8-9-13)12-5-3-6-12/h1-2,4,7,12-13H,3,5-6,8-10,15H2. The smallest absolute Gasteiger partial charge is 0.0416 e. The normalized spacial score (nSPS) is 20.6. The first-order valence-corrected chi connectivity index (χ1v) is 6.46. The van der Waals surface area contributed by atoms with Gasteiger partial charge in [0.15, 0.2) is 0 Å². The van der Waals surface area contributed by atoms with Gasteiger partial charge in [-0.2, -0.15) is 0 Å². The summed E-state index contributed by atoms with van der Waals surface area (Å²) in [5.41, 5.74) is 8.55. The Hall–Kier alpha value is -1.02. The molecule has 2 saturated carbocycles. The minimum atomic E-state index is 0.659. The summed E-state index contributed by atoms with van der Waals surface area (Å²) in [6, 6.07) is 10.3. The molecule has 0 unspecified atom stereocenters. The molecule has 2 aliphatic carbocycles. The van der Waals surface area contributed by atoms with E-state index >= 15 is 0 Å². The van der Waals surface area contributed by atoms with Gasteiger partial charge in [0.2, 0.25) is 0 Å². The van der Waals surface area contributed by atoms with Crippen LogP contribution in [-0.2, 0) is 6.54 Å². The highest BCUT2D eigenvalue weighted by molar-refractivity contribution is 5.56. The van der Waals surface area contributed by atoms with E-state index in [0.717, 1.165) is 12.1 Å². The highest BCUT2D eigenvalue weighted by atomic mass is 15.2. The molecule has 0 saturated heterocycles. The van der Waals surface area contributed by atoms with Crippen LogP contribution in [0.25, 0.3) is 0 Å². The molecule has 2 fully saturated rings. The summed E-state index contributed by atoms with van der Waals surface area (Å²) in [6.45, 7) is 0.659. The maximum atomic E-state index is 5.84. The van der Waals surface area contributed by atoms with Crippen molar-refractivity contribution in [1.82, 2.24) is 0 Å². The molecule has 2 aliphatic rings. The van der Waals surface area contributed by atoms with Gasteiger partial charge >= 0.3 is 0 Å². The zero-order chi connectivity index (χ0) is 11.0. The number of hydrogen-bond acceptors (Lipinski definition) is 2. The van der Waals surface area contributed by atoms with E-state index in [4.69, 9.17) is 5.73 Å². The van der Waals surface area contributed by atoms with Crippen LogP contribution >= 0.6 is 0 Å². The van der Waals surface area contributed by atoms with Crippen molar-refractivity contribution in [2.75, 3.05) is 4.90 Å². The minimum absolute atomic E-state index is 0.659. The van der Waals surface area contributed by atoms with Gasteiger partial charge in [-0.1, -0.05) is 18.2 Å². The molecule has 0 aromatic heterocycles. The molecule has 2 heteroatoms. The largest absolute Gasteiger partial charge is 0.365 e. The zero-order valence-corrected chi connectivity index (χ0v) is 9.73. The first-order valence-electron chi connectivity index (χ1n) is 6.46. The molecule has 2 N–H and O–H groups in total. The molecule has 0 bridgehead atoms. The lowest BCUT2D eigenvalue weighted by molar-refractivity contribution is 0.383. The van der Waals surface area contributed by atoms with Crippen molar-refractivity contribution in [1.29, 1.82) is 0 Å². The number of benzene rings is 1. The van der Waals surface area contributed by atoms with E-state index in [1.165, 1.54) is 43.4 Å². The van der Waals surface area contributed by atoms with Crippen LogP contribution in [0.5, 0.6) is 0 Å². The second kappa shape index (κ2) is 4.10. The van der Waals surface area contributed by atoms with E-state index in [0.29, 0.717) is 6.54 Å². The molecule has 0 atom stereocenters. The predicted molar refractivity (Wildman–Crippen MR) is 67.5 cm³/mol. The van der Waals surface area contributed by atoms with Crippen LogP contribution < -0.4 is 10.6 Å². The quantitative estimate of drug-likeness (QED) is 0.838. The van der Waals surface area contributed by atoms with Crippen LogP contribution in [0.4, 0.5) is 5.69 Å². The molecule has 0 aliphatic heterocycles. The number of nitrogens with two attached hydrogens (primary N) is 1. The van der Waals surface area contributed by atoms with Crippen LogP contribution in [0.2, 0.25) is 0 Å². The van der Waals surface area contributed by atoms with Gasteiger partial charge in [0.25, 0.3) is 0 Å². The van der Waals surface area contributed by atoms with E-state index < -0.39 is 0 Å². The van der Waals surface area contributed by atoms with Crippen molar-refractivity contribution in [3.05, 3.63) is 29.8 Å². The number of nitrogens with zero attached hydrogens (tertiary/aromatic N) is 1. The number of rotatable bonds is 4. The second-order valence-electron chi connectivity index (χ2n) is 5.06. The number of para-hydroxylation sites is 1. The lowest BCUT2D eigenvalue weighted by Gasteiger charge is -2.40. The molecule has 86 valence electrons. The molecule has 2 nitrogen and oxygen atoms in total. The summed E-state index contributed by atoms with van der Waals surface area (Å²) >= 11 is 0. The van der Waals surface area contributed by atoms with E-state index in [1.54, 1.807) is 0 Å². The Labute approximate surface area is 97.4 Å². The summed E-state index contributed by atoms with van der Waals surface area (Å²) in [5, 5.41) is 0. The van der Waals surface area contributed by atoms with Crippen LogP contribution in [0.3, 0.4) is 0 Å². The van der Waals surface area contributed by atoms with E-state index in [2.05, 4.69) is 29.2 Å². The van der Waals surface area contributed by atoms with Gasteiger partial charge in [0, 0.05) is 24.3 Å². The number of hydrogen-bond donors (Lipinski definition) is 1. The Kier molecular flexibility index (Phi) is 2.60. The zero-order valence-electron chi connectivity index (χ0n) is 9.73. The van der Waals surface area contributed by atoms with Gasteiger partial charge in [-0.15, -0.1) is 0 Å². The summed E-state index contributed by atoms with van der Waals surface area (Å²) in [5.74, 6) is 0. The lowest BCUT2D eigenvalue weighted by atomic mass is 9.90. The van der Waals surface area contributed by atoms with E-state index in [1.807, 2.05) is 0 Å². The molecule has 3 rings (SSSR count). The van der Waals surface area contributed by atoms with E-state index in [9.17, 15) is 0 Å². The first kappa shape index (κ1) is 10.2. The van der Waals surface area contributed by atoms with Crippen LogP contribution in [0, 0.1) is 0 Å². The maximum Gasteiger partial charge on any atom is 0.0416 e. The Morgan fingerprint density at radius 2 is 1.75 bits per heavy atom. The van der Waals surface area contributed by atoms with Gasteiger partial charge in [-0.05, 0) is 43.7 Å². The van der Waals surface area contributed by atoms with Crippen molar-refractivity contribution in [3.63, 3.8) is 0 Å². The minimum Gasteiger partial charge on any atom is -0.365 e. The van der Waals surface area contributed by atoms with Crippen molar-refractivity contribution in [2.45, 2.75) is 50.7 Å². The Morgan fingerprint density at radius 3 is 2.31 bits per heavy atom. The van der Waals surface area contributed by atoms with Gasteiger partial charge in [0.05, 0.1) is 0 Å². The van der Waals surface area contributed by atoms with Gasteiger partial charge in [-0.3, -0.25) is 0 Å². The highest BCUT2D eigenvalue weighted by Gasteiger charge is 2.37. The Morgan fingerprint density at radius 1 is 1.06 bits per heavy atom. The van der Waals surface area contributed by atoms with Crippen molar-refractivity contribution >= 4 is 5.69 Å². The topological polar surface area (TPSA) is 29.3 Å². The fourth-order valence-corrected chi connectivity index (χ4v) is 2.64. The van der Waals surface area contributed by atoms with Crippen molar-refractivity contribution < 1.29 is 0 Å².